The molecule has 6 nitrogen and oxygen atoms in total. The Kier molecular flexibility index (Phi) is 2.64. The van der Waals surface area contributed by atoms with Gasteiger partial charge in [-0.1, -0.05) is 0 Å². The molecule has 6 heteroatoms. The summed E-state index contributed by atoms with van der Waals surface area (Å²) in [6.07, 6.45) is 2.40. The molecule has 2 unspecified atom stereocenters. The summed E-state index contributed by atoms with van der Waals surface area (Å²) >= 11 is 0. The Morgan fingerprint density at radius 2 is 2.14 bits per heavy atom. The average Bonchev–Trinajstić information content (AvgIpc) is 2.48. The maximum absolute atomic E-state index is 10.8. The highest BCUT2D eigenvalue weighted by Crippen LogP contribution is 2.30. The summed E-state index contributed by atoms with van der Waals surface area (Å²) in [5.41, 5.74) is -1.04. The van der Waals surface area contributed by atoms with Gasteiger partial charge in [-0.15, -0.1) is 0 Å². The number of aliphatic carboxylic acids is 2. The van der Waals surface area contributed by atoms with E-state index in [9.17, 15) is 9.59 Å². The van der Waals surface area contributed by atoms with Crippen LogP contribution in [0.15, 0.2) is 22.5 Å². The van der Waals surface area contributed by atoms with Gasteiger partial charge in [-0.2, -0.15) is 10.2 Å². The van der Waals surface area contributed by atoms with Crippen molar-refractivity contribution in [2.75, 3.05) is 0 Å². The normalized spacial score (nSPS) is 26.4. The standard InChI is InChI=1S/C8H10N2O4/c1-8(2-3-9-10-8)5(7(13)14)4-6(11)12/h2-3,5H,4H2,1H3,(H,11,12)(H,13,14). The van der Waals surface area contributed by atoms with Crippen molar-refractivity contribution < 1.29 is 19.8 Å². The molecule has 0 aromatic heterocycles. The number of rotatable bonds is 4. The van der Waals surface area contributed by atoms with Crippen molar-refractivity contribution in [2.24, 2.45) is 16.1 Å². The SMILES string of the molecule is CC1(C(CC(=O)O)C(=O)O)C=CN=N1. The van der Waals surface area contributed by atoms with Crippen LogP contribution in [-0.4, -0.2) is 27.7 Å². The Bertz CT molecular complexity index is 309. The highest BCUT2D eigenvalue weighted by atomic mass is 16.4. The zero-order valence-corrected chi connectivity index (χ0v) is 7.54. The van der Waals surface area contributed by atoms with E-state index >= 15 is 0 Å². The first-order valence-electron chi connectivity index (χ1n) is 4.00. The third kappa shape index (κ3) is 1.95. The lowest BCUT2D eigenvalue weighted by atomic mass is 9.84. The second-order valence-electron chi connectivity index (χ2n) is 3.25. The molecular weight excluding hydrogens is 188 g/mol. The zero-order valence-electron chi connectivity index (χ0n) is 7.54. The maximum atomic E-state index is 10.8. The van der Waals surface area contributed by atoms with Crippen LogP contribution in [0.4, 0.5) is 0 Å². The number of nitrogens with zero attached hydrogens (tertiary/aromatic N) is 2. The fourth-order valence-corrected chi connectivity index (χ4v) is 1.28. The zero-order chi connectivity index (χ0) is 10.8. The van der Waals surface area contributed by atoms with Gasteiger partial charge in [0.15, 0.2) is 0 Å². The maximum Gasteiger partial charge on any atom is 0.309 e. The predicted octanol–water partition coefficient (Wildman–Crippen LogP) is 0.900. The van der Waals surface area contributed by atoms with E-state index < -0.39 is 29.8 Å². The summed E-state index contributed by atoms with van der Waals surface area (Å²) in [6.45, 7) is 1.54. The molecule has 0 bridgehead atoms. The fourth-order valence-electron chi connectivity index (χ4n) is 1.28. The Morgan fingerprint density at radius 1 is 1.50 bits per heavy atom. The minimum atomic E-state index is -1.18. The van der Waals surface area contributed by atoms with E-state index in [1.807, 2.05) is 0 Å². The second-order valence-corrected chi connectivity index (χ2v) is 3.25. The van der Waals surface area contributed by atoms with Crippen LogP contribution in [0.1, 0.15) is 13.3 Å². The smallest absolute Gasteiger partial charge is 0.309 e. The molecule has 2 atom stereocenters. The lowest BCUT2D eigenvalue weighted by molar-refractivity contribution is -0.149. The Labute approximate surface area is 80.0 Å². The Hall–Kier alpha value is -1.72. The molecule has 0 aliphatic carbocycles. The van der Waals surface area contributed by atoms with E-state index in [4.69, 9.17) is 10.2 Å². The molecule has 0 amide bonds. The van der Waals surface area contributed by atoms with Crippen LogP contribution in [0.25, 0.3) is 0 Å². The lowest BCUT2D eigenvalue weighted by Gasteiger charge is -2.23. The van der Waals surface area contributed by atoms with Crippen molar-refractivity contribution in [2.45, 2.75) is 18.9 Å². The number of carboxylic acid groups (broad SMARTS) is 2. The highest BCUT2D eigenvalue weighted by molar-refractivity contribution is 5.79. The molecule has 0 radical (unpaired) electrons. The fraction of sp³-hybridized carbons (Fsp3) is 0.500. The number of azo groups is 1. The van der Waals surface area contributed by atoms with E-state index in [0.29, 0.717) is 0 Å². The largest absolute Gasteiger partial charge is 0.481 e. The van der Waals surface area contributed by atoms with Gasteiger partial charge in [-0.05, 0) is 13.0 Å². The third-order valence-electron chi connectivity index (χ3n) is 2.13. The molecule has 0 aromatic rings. The van der Waals surface area contributed by atoms with Gasteiger partial charge in [0.05, 0.1) is 12.3 Å². The van der Waals surface area contributed by atoms with Gasteiger partial charge in [0.1, 0.15) is 5.54 Å². The quantitative estimate of drug-likeness (QED) is 0.700. The second kappa shape index (κ2) is 3.57. The number of carbonyl (C=O) groups is 2. The van der Waals surface area contributed by atoms with Gasteiger partial charge in [-0.3, -0.25) is 9.59 Å². The minimum absolute atomic E-state index is 0.463. The van der Waals surface area contributed by atoms with Crippen LogP contribution in [0.3, 0.4) is 0 Å². The van der Waals surface area contributed by atoms with Crippen LogP contribution in [-0.2, 0) is 9.59 Å². The van der Waals surface area contributed by atoms with Crippen LogP contribution < -0.4 is 0 Å². The van der Waals surface area contributed by atoms with Gasteiger partial charge in [0.25, 0.3) is 0 Å². The van der Waals surface area contributed by atoms with E-state index in [1.165, 1.54) is 12.3 Å². The molecular formula is C8H10N2O4. The van der Waals surface area contributed by atoms with Crippen LogP contribution in [0.2, 0.25) is 0 Å². The molecule has 1 aliphatic heterocycles. The monoisotopic (exact) mass is 198 g/mol. The van der Waals surface area contributed by atoms with Gasteiger partial charge in [-0.25, -0.2) is 0 Å². The van der Waals surface area contributed by atoms with E-state index in [2.05, 4.69) is 10.2 Å². The summed E-state index contributed by atoms with van der Waals surface area (Å²) in [4.78, 5) is 21.3. The minimum Gasteiger partial charge on any atom is -0.481 e. The molecule has 14 heavy (non-hydrogen) atoms. The summed E-state index contributed by atoms with van der Waals surface area (Å²) in [6, 6.07) is 0. The third-order valence-corrected chi connectivity index (χ3v) is 2.13. The average molecular weight is 198 g/mol. The molecule has 0 saturated heterocycles. The predicted molar refractivity (Wildman–Crippen MR) is 45.8 cm³/mol. The van der Waals surface area contributed by atoms with Crippen LogP contribution in [0, 0.1) is 5.92 Å². The molecule has 0 fully saturated rings. The molecule has 1 heterocycles. The van der Waals surface area contributed by atoms with E-state index in [-0.39, 0.29) is 0 Å². The van der Waals surface area contributed by atoms with Crippen LogP contribution >= 0.6 is 0 Å². The summed E-state index contributed by atoms with van der Waals surface area (Å²) in [7, 11) is 0. The van der Waals surface area contributed by atoms with E-state index in [1.54, 1.807) is 6.92 Å². The first-order valence-corrected chi connectivity index (χ1v) is 4.00. The Morgan fingerprint density at radius 3 is 2.50 bits per heavy atom. The number of hydrogen-bond donors (Lipinski definition) is 2. The van der Waals surface area contributed by atoms with Gasteiger partial charge < -0.3 is 10.2 Å². The lowest BCUT2D eigenvalue weighted by Crippen LogP contribution is -2.36. The molecule has 1 rings (SSSR count). The molecule has 2 N–H and O–H groups in total. The Balaban J connectivity index is 2.88. The number of carboxylic acids is 2. The molecule has 76 valence electrons. The van der Waals surface area contributed by atoms with Crippen LogP contribution in [0.5, 0.6) is 0 Å². The molecule has 0 spiro atoms. The molecule has 0 aromatic carbocycles. The van der Waals surface area contributed by atoms with Gasteiger partial charge >= 0.3 is 11.9 Å². The van der Waals surface area contributed by atoms with Crippen molar-refractivity contribution in [3.63, 3.8) is 0 Å². The molecule has 1 aliphatic rings. The number of hydrogen-bond acceptors (Lipinski definition) is 4. The van der Waals surface area contributed by atoms with Crippen molar-refractivity contribution in [1.29, 1.82) is 0 Å². The first kappa shape index (κ1) is 10.4. The van der Waals surface area contributed by atoms with Gasteiger partial charge in [0.2, 0.25) is 0 Å². The van der Waals surface area contributed by atoms with Gasteiger partial charge in [0, 0.05) is 6.20 Å². The summed E-state index contributed by atoms with van der Waals surface area (Å²) in [5, 5.41) is 24.6. The van der Waals surface area contributed by atoms with Crippen molar-refractivity contribution in [3.05, 3.63) is 12.3 Å². The topological polar surface area (TPSA) is 99.3 Å². The van der Waals surface area contributed by atoms with Crippen molar-refractivity contribution >= 4 is 11.9 Å². The molecule has 0 saturated carbocycles. The van der Waals surface area contributed by atoms with E-state index in [0.717, 1.165) is 0 Å². The first-order chi connectivity index (χ1) is 6.46. The van der Waals surface area contributed by atoms with Crippen molar-refractivity contribution in [3.8, 4) is 0 Å². The highest BCUT2D eigenvalue weighted by Gasteiger charge is 2.40. The summed E-state index contributed by atoms with van der Waals surface area (Å²) in [5.74, 6) is -3.42. The van der Waals surface area contributed by atoms with Crippen molar-refractivity contribution in [1.82, 2.24) is 0 Å². The summed E-state index contributed by atoms with van der Waals surface area (Å²) < 4.78 is 0.